The smallest absolute Gasteiger partial charge is 0.261 e. The minimum absolute atomic E-state index is 0.0229. The van der Waals surface area contributed by atoms with Gasteiger partial charge in [0.15, 0.2) is 6.10 Å². The lowest BCUT2D eigenvalue weighted by Gasteiger charge is -2.21. The van der Waals surface area contributed by atoms with E-state index in [4.69, 9.17) is 4.74 Å². The molecule has 0 saturated heterocycles. The zero-order chi connectivity index (χ0) is 18.7. The Morgan fingerprint density at radius 1 is 1.08 bits per heavy atom. The van der Waals surface area contributed by atoms with Gasteiger partial charge in [-0.2, -0.15) is 0 Å². The largest absolute Gasteiger partial charge is 0.481 e. The standard InChI is InChI=1S/C23H29NO2/c1-5-22(26-21-12-15(2)11-16(3)13-21)23(25)24-17(4)19-10-9-18-7-6-8-20(18)14-19/h9-14,17,22H,5-8H2,1-4H3,(H,24,25)/t17-,22-/m1/s1. The molecule has 0 heterocycles. The molecule has 2 aromatic carbocycles. The minimum Gasteiger partial charge on any atom is -0.481 e. The first-order valence-electron chi connectivity index (χ1n) is 9.63. The number of rotatable bonds is 6. The number of aryl methyl sites for hydroxylation is 4. The predicted molar refractivity (Wildman–Crippen MR) is 106 cm³/mol. The highest BCUT2D eigenvalue weighted by Crippen LogP contribution is 2.25. The van der Waals surface area contributed by atoms with E-state index in [2.05, 4.69) is 29.6 Å². The summed E-state index contributed by atoms with van der Waals surface area (Å²) in [6.45, 7) is 8.10. The molecule has 0 radical (unpaired) electrons. The fourth-order valence-corrected chi connectivity index (χ4v) is 3.74. The van der Waals surface area contributed by atoms with E-state index in [0.29, 0.717) is 6.42 Å². The van der Waals surface area contributed by atoms with Crippen LogP contribution >= 0.6 is 0 Å². The predicted octanol–water partition coefficient (Wildman–Crippen LogP) is 4.83. The monoisotopic (exact) mass is 351 g/mol. The number of fused-ring (bicyclic) bond motifs is 1. The minimum atomic E-state index is -0.479. The van der Waals surface area contributed by atoms with E-state index in [1.165, 1.54) is 29.5 Å². The van der Waals surface area contributed by atoms with Crippen LogP contribution in [0.4, 0.5) is 0 Å². The van der Waals surface area contributed by atoms with Gasteiger partial charge in [-0.25, -0.2) is 0 Å². The summed E-state index contributed by atoms with van der Waals surface area (Å²) >= 11 is 0. The number of ether oxygens (including phenoxy) is 1. The summed E-state index contributed by atoms with van der Waals surface area (Å²) in [5.41, 5.74) is 6.34. The van der Waals surface area contributed by atoms with Crippen molar-refractivity contribution < 1.29 is 9.53 Å². The van der Waals surface area contributed by atoms with Crippen LogP contribution in [-0.2, 0) is 17.6 Å². The maximum absolute atomic E-state index is 12.7. The molecule has 1 aliphatic rings. The van der Waals surface area contributed by atoms with Crippen LogP contribution in [0, 0.1) is 13.8 Å². The zero-order valence-electron chi connectivity index (χ0n) is 16.3. The topological polar surface area (TPSA) is 38.3 Å². The van der Waals surface area contributed by atoms with E-state index < -0.39 is 6.10 Å². The van der Waals surface area contributed by atoms with Gasteiger partial charge in [0.25, 0.3) is 5.91 Å². The number of amides is 1. The number of hydrogen-bond donors (Lipinski definition) is 1. The fraction of sp³-hybridized carbons (Fsp3) is 0.435. The third kappa shape index (κ3) is 4.27. The Hall–Kier alpha value is -2.29. The van der Waals surface area contributed by atoms with E-state index >= 15 is 0 Å². The third-order valence-electron chi connectivity index (χ3n) is 5.12. The SMILES string of the molecule is CC[C@@H](Oc1cc(C)cc(C)c1)C(=O)N[C@H](C)c1ccc2c(c1)CCC2. The van der Waals surface area contributed by atoms with E-state index in [1.54, 1.807) is 0 Å². The molecule has 0 bridgehead atoms. The average Bonchev–Trinajstić information content (AvgIpc) is 3.06. The van der Waals surface area contributed by atoms with Crippen LogP contribution in [0.3, 0.4) is 0 Å². The number of hydrogen-bond acceptors (Lipinski definition) is 2. The van der Waals surface area contributed by atoms with Crippen LogP contribution in [0.1, 0.15) is 60.5 Å². The molecular formula is C23H29NO2. The lowest BCUT2D eigenvalue weighted by atomic mass is 10.0. The molecule has 3 rings (SSSR count). The first-order valence-corrected chi connectivity index (χ1v) is 9.63. The number of benzene rings is 2. The van der Waals surface area contributed by atoms with Crippen LogP contribution < -0.4 is 10.1 Å². The second kappa shape index (κ2) is 7.94. The van der Waals surface area contributed by atoms with Crippen LogP contribution in [0.2, 0.25) is 0 Å². The first-order chi connectivity index (χ1) is 12.5. The number of carbonyl (C=O) groups is 1. The Balaban J connectivity index is 1.66. The lowest BCUT2D eigenvalue weighted by Crippen LogP contribution is -2.39. The van der Waals surface area contributed by atoms with Gasteiger partial charge in [-0.1, -0.05) is 31.2 Å². The Morgan fingerprint density at radius 3 is 2.46 bits per heavy atom. The highest BCUT2D eigenvalue weighted by Gasteiger charge is 2.21. The quantitative estimate of drug-likeness (QED) is 0.810. The molecule has 26 heavy (non-hydrogen) atoms. The molecule has 0 fully saturated rings. The molecule has 138 valence electrons. The van der Waals surface area contributed by atoms with Crippen molar-refractivity contribution in [3.8, 4) is 5.75 Å². The van der Waals surface area contributed by atoms with Crippen molar-refractivity contribution in [3.05, 3.63) is 64.2 Å². The van der Waals surface area contributed by atoms with Crippen molar-refractivity contribution in [2.24, 2.45) is 0 Å². The van der Waals surface area contributed by atoms with Crippen molar-refractivity contribution in [2.45, 2.75) is 65.5 Å². The molecule has 3 nitrogen and oxygen atoms in total. The molecule has 0 aromatic heterocycles. The van der Waals surface area contributed by atoms with Gasteiger partial charge < -0.3 is 10.1 Å². The summed E-state index contributed by atoms with van der Waals surface area (Å²) < 4.78 is 5.99. The molecule has 1 N–H and O–H groups in total. The maximum Gasteiger partial charge on any atom is 0.261 e. The van der Waals surface area contributed by atoms with Gasteiger partial charge in [-0.3, -0.25) is 4.79 Å². The van der Waals surface area contributed by atoms with Crippen LogP contribution in [0.5, 0.6) is 5.75 Å². The van der Waals surface area contributed by atoms with Crippen molar-refractivity contribution in [1.29, 1.82) is 0 Å². The maximum atomic E-state index is 12.7. The van der Waals surface area contributed by atoms with Gasteiger partial charge in [0, 0.05) is 0 Å². The summed E-state index contributed by atoms with van der Waals surface area (Å²) in [7, 11) is 0. The second-order valence-corrected chi connectivity index (χ2v) is 7.45. The van der Waals surface area contributed by atoms with Crippen molar-refractivity contribution in [1.82, 2.24) is 5.32 Å². The Bertz CT molecular complexity index is 777. The van der Waals surface area contributed by atoms with Gasteiger partial charge in [0.1, 0.15) is 5.75 Å². The molecule has 0 spiro atoms. The zero-order valence-corrected chi connectivity index (χ0v) is 16.3. The van der Waals surface area contributed by atoms with Gasteiger partial charge in [-0.05, 0) is 86.4 Å². The summed E-state index contributed by atoms with van der Waals surface area (Å²) in [5, 5.41) is 3.12. The highest BCUT2D eigenvalue weighted by atomic mass is 16.5. The molecule has 3 heteroatoms. The summed E-state index contributed by atoms with van der Waals surface area (Å²) in [6.07, 6.45) is 3.72. The third-order valence-corrected chi connectivity index (χ3v) is 5.12. The van der Waals surface area contributed by atoms with Crippen LogP contribution in [-0.4, -0.2) is 12.0 Å². The summed E-state index contributed by atoms with van der Waals surface area (Å²) in [6, 6.07) is 12.6. The molecule has 0 unspecified atom stereocenters. The normalized spacial score (nSPS) is 15.2. The second-order valence-electron chi connectivity index (χ2n) is 7.45. The van der Waals surface area contributed by atoms with E-state index in [0.717, 1.165) is 23.3 Å². The Kier molecular flexibility index (Phi) is 5.65. The highest BCUT2D eigenvalue weighted by molar-refractivity contribution is 5.81. The van der Waals surface area contributed by atoms with E-state index in [9.17, 15) is 4.79 Å². The van der Waals surface area contributed by atoms with Crippen molar-refractivity contribution in [2.75, 3.05) is 0 Å². The summed E-state index contributed by atoms with van der Waals surface area (Å²) in [4.78, 5) is 12.7. The van der Waals surface area contributed by atoms with Gasteiger partial charge in [0.2, 0.25) is 0 Å². The van der Waals surface area contributed by atoms with Crippen LogP contribution in [0.15, 0.2) is 36.4 Å². The Morgan fingerprint density at radius 2 is 1.77 bits per heavy atom. The van der Waals surface area contributed by atoms with Gasteiger partial charge in [0.05, 0.1) is 6.04 Å². The molecule has 2 atom stereocenters. The average molecular weight is 351 g/mol. The lowest BCUT2D eigenvalue weighted by molar-refractivity contribution is -0.128. The number of carbonyl (C=O) groups excluding carboxylic acids is 1. The van der Waals surface area contributed by atoms with Crippen molar-refractivity contribution in [3.63, 3.8) is 0 Å². The van der Waals surface area contributed by atoms with Gasteiger partial charge >= 0.3 is 0 Å². The van der Waals surface area contributed by atoms with Crippen LogP contribution in [0.25, 0.3) is 0 Å². The number of nitrogens with one attached hydrogen (secondary N) is 1. The molecular weight excluding hydrogens is 322 g/mol. The molecule has 0 saturated carbocycles. The summed E-state index contributed by atoms with van der Waals surface area (Å²) in [5.74, 6) is 0.703. The first kappa shape index (κ1) is 18.5. The molecule has 1 amide bonds. The fourth-order valence-electron chi connectivity index (χ4n) is 3.74. The molecule has 1 aliphatic carbocycles. The molecule has 2 aromatic rings. The van der Waals surface area contributed by atoms with E-state index in [1.807, 2.05) is 39.8 Å². The van der Waals surface area contributed by atoms with E-state index in [-0.39, 0.29) is 11.9 Å². The molecule has 0 aliphatic heterocycles. The van der Waals surface area contributed by atoms with Crippen molar-refractivity contribution >= 4 is 5.91 Å². The Labute approximate surface area is 156 Å². The van der Waals surface area contributed by atoms with Gasteiger partial charge in [-0.15, -0.1) is 0 Å².